The molecule has 0 unspecified atom stereocenters. The quantitative estimate of drug-likeness (QED) is 0.617. The zero-order chi connectivity index (χ0) is 8.97. The number of hydrogen-bond acceptors (Lipinski definition) is 4. The Morgan fingerprint density at radius 1 is 1.42 bits per heavy atom. The van der Waals surface area contributed by atoms with Crippen LogP contribution in [0.4, 0.5) is 0 Å². The van der Waals surface area contributed by atoms with E-state index < -0.39 is 5.97 Å². The SMILES string of the molecule is NOC(=O)c1ccc(CO)cc1. The summed E-state index contributed by atoms with van der Waals surface area (Å²) in [7, 11) is 0. The van der Waals surface area contributed by atoms with Crippen molar-refractivity contribution in [3.63, 3.8) is 0 Å². The van der Waals surface area contributed by atoms with E-state index in [9.17, 15) is 4.79 Å². The lowest BCUT2D eigenvalue weighted by atomic mass is 10.1. The van der Waals surface area contributed by atoms with Gasteiger partial charge in [-0.15, -0.1) is 0 Å². The van der Waals surface area contributed by atoms with Crippen LogP contribution in [0.25, 0.3) is 0 Å². The van der Waals surface area contributed by atoms with Gasteiger partial charge in [0.05, 0.1) is 12.2 Å². The molecule has 4 nitrogen and oxygen atoms in total. The lowest BCUT2D eigenvalue weighted by Crippen LogP contribution is -2.09. The first-order chi connectivity index (χ1) is 5.77. The first-order valence-electron chi connectivity index (χ1n) is 3.39. The molecule has 0 atom stereocenters. The van der Waals surface area contributed by atoms with Gasteiger partial charge in [-0.1, -0.05) is 12.1 Å². The molecular formula is C8H9NO3. The molecule has 0 fully saturated rings. The smallest absolute Gasteiger partial charge is 0.356 e. The number of aliphatic hydroxyl groups excluding tert-OH is 1. The summed E-state index contributed by atoms with van der Waals surface area (Å²) in [6.45, 7) is -0.0437. The van der Waals surface area contributed by atoms with Crippen LogP contribution in [0.3, 0.4) is 0 Å². The third-order valence-corrected chi connectivity index (χ3v) is 1.48. The number of aliphatic hydroxyl groups is 1. The third-order valence-electron chi connectivity index (χ3n) is 1.48. The molecule has 12 heavy (non-hydrogen) atoms. The van der Waals surface area contributed by atoms with Crippen molar-refractivity contribution in [2.45, 2.75) is 6.61 Å². The first-order valence-corrected chi connectivity index (χ1v) is 3.39. The molecule has 64 valence electrons. The molecular weight excluding hydrogens is 158 g/mol. The van der Waals surface area contributed by atoms with E-state index in [4.69, 9.17) is 5.11 Å². The first kappa shape index (κ1) is 8.70. The van der Waals surface area contributed by atoms with Crippen molar-refractivity contribution in [2.75, 3.05) is 0 Å². The molecule has 0 aromatic heterocycles. The molecule has 4 heteroatoms. The fraction of sp³-hybridized carbons (Fsp3) is 0.125. The topological polar surface area (TPSA) is 72.5 Å². The monoisotopic (exact) mass is 167 g/mol. The predicted molar refractivity (Wildman–Crippen MR) is 42.0 cm³/mol. The highest BCUT2D eigenvalue weighted by Gasteiger charge is 2.03. The van der Waals surface area contributed by atoms with E-state index in [2.05, 4.69) is 10.7 Å². The van der Waals surface area contributed by atoms with E-state index in [1.54, 1.807) is 24.3 Å². The molecule has 0 saturated heterocycles. The third kappa shape index (κ3) is 1.81. The molecule has 0 amide bonds. The van der Waals surface area contributed by atoms with Gasteiger partial charge >= 0.3 is 5.97 Å². The highest BCUT2D eigenvalue weighted by atomic mass is 16.7. The van der Waals surface area contributed by atoms with E-state index >= 15 is 0 Å². The number of carbonyl (C=O) groups is 1. The summed E-state index contributed by atoms with van der Waals surface area (Å²) in [4.78, 5) is 14.8. The number of carbonyl (C=O) groups excluding carboxylic acids is 1. The Kier molecular flexibility index (Phi) is 2.79. The molecule has 0 spiro atoms. The minimum absolute atomic E-state index is 0.0437. The van der Waals surface area contributed by atoms with Crippen LogP contribution >= 0.6 is 0 Å². The summed E-state index contributed by atoms with van der Waals surface area (Å²) in [5.41, 5.74) is 1.11. The summed E-state index contributed by atoms with van der Waals surface area (Å²) in [5.74, 6) is 4.09. The van der Waals surface area contributed by atoms with Crippen LogP contribution in [0.5, 0.6) is 0 Å². The van der Waals surface area contributed by atoms with Crippen LogP contribution in [0.1, 0.15) is 15.9 Å². The van der Waals surface area contributed by atoms with Crippen molar-refractivity contribution >= 4 is 5.97 Å². The molecule has 1 aromatic rings. The number of nitrogens with two attached hydrogens (primary N) is 1. The summed E-state index contributed by atoms with van der Waals surface area (Å²) < 4.78 is 0. The Labute approximate surface area is 69.5 Å². The average Bonchev–Trinajstić information content (AvgIpc) is 2.17. The van der Waals surface area contributed by atoms with Crippen molar-refractivity contribution in [2.24, 2.45) is 5.90 Å². The molecule has 0 aliphatic carbocycles. The summed E-state index contributed by atoms with van der Waals surface area (Å²) in [6, 6.07) is 6.35. The summed E-state index contributed by atoms with van der Waals surface area (Å²) >= 11 is 0. The predicted octanol–water partition coefficient (Wildman–Crippen LogP) is 0.209. The van der Waals surface area contributed by atoms with Gasteiger partial charge in [0.25, 0.3) is 0 Å². The molecule has 1 aromatic carbocycles. The molecule has 0 saturated carbocycles. The zero-order valence-corrected chi connectivity index (χ0v) is 6.36. The second kappa shape index (κ2) is 3.85. The Morgan fingerprint density at radius 3 is 2.42 bits per heavy atom. The van der Waals surface area contributed by atoms with E-state index in [0.717, 1.165) is 5.56 Å². The molecule has 0 bridgehead atoms. The maximum Gasteiger partial charge on any atom is 0.356 e. The standard InChI is InChI=1S/C8H9NO3/c9-12-8(11)7-3-1-6(5-10)2-4-7/h1-4,10H,5,9H2. The fourth-order valence-corrected chi connectivity index (χ4v) is 0.814. The second-order valence-electron chi connectivity index (χ2n) is 2.26. The summed E-state index contributed by atoms with van der Waals surface area (Å²) in [6.07, 6.45) is 0. The molecule has 0 aliphatic rings. The van der Waals surface area contributed by atoms with Crippen LogP contribution in [0, 0.1) is 0 Å². The largest absolute Gasteiger partial charge is 0.392 e. The maximum absolute atomic E-state index is 10.8. The molecule has 3 N–H and O–H groups in total. The summed E-state index contributed by atoms with van der Waals surface area (Å²) in [5, 5.41) is 8.68. The number of benzene rings is 1. The van der Waals surface area contributed by atoms with Gasteiger partial charge in [-0.05, 0) is 17.7 Å². The van der Waals surface area contributed by atoms with Crippen LogP contribution in [-0.2, 0) is 11.4 Å². The van der Waals surface area contributed by atoms with Crippen LogP contribution < -0.4 is 5.90 Å². The number of hydrogen-bond donors (Lipinski definition) is 2. The lowest BCUT2D eigenvalue weighted by molar-refractivity contribution is 0.0503. The van der Waals surface area contributed by atoms with Crippen molar-refractivity contribution in [3.8, 4) is 0 Å². The Balaban J connectivity index is 2.84. The molecule has 1 rings (SSSR count). The Hall–Kier alpha value is -1.39. The van der Waals surface area contributed by atoms with Crippen molar-refractivity contribution in [1.82, 2.24) is 0 Å². The van der Waals surface area contributed by atoms with Crippen molar-refractivity contribution in [3.05, 3.63) is 35.4 Å². The number of rotatable bonds is 2. The maximum atomic E-state index is 10.8. The van der Waals surface area contributed by atoms with E-state index in [0.29, 0.717) is 5.56 Å². The Bertz CT molecular complexity index is 268. The Morgan fingerprint density at radius 2 is 2.00 bits per heavy atom. The van der Waals surface area contributed by atoms with E-state index in [1.807, 2.05) is 0 Å². The van der Waals surface area contributed by atoms with Crippen LogP contribution in [0.2, 0.25) is 0 Å². The second-order valence-corrected chi connectivity index (χ2v) is 2.26. The molecule has 0 radical (unpaired) electrons. The molecule has 0 heterocycles. The van der Waals surface area contributed by atoms with Gasteiger partial charge < -0.3 is 9.94 Å². The average molecular weight is 167 g/mol. The zero-order valence-electron chi connectivity index (χ0n) is 6.36. The lowest BCUT2D eigenvalue weighted by Gasteiger charge is -1.98. The normalized spacial score (nSPS) is 9.50. The van der Waals surface area contributed by atoms with Gasteiger partial charge in [0.2, 0.25) is 0 Å². The molecule has 0 aliphatic heterocycles. The van der Waals surface area contributed by atoms with Gasteiger partial charge in [0.1, 0.15) is 0 Å². The van der Waals surface area contributed by atoms with Gasteiger partial charge in [-0.3, -0.25) is 0 Å². The van der Waals surface area contributed by atoms with Gasteiger partial charge in [0, 0.05) is 0 Å². The van der Waals surface area contributed by atoms with Crippen LogP contribution in [0.15, 0.2) is 24.3 Å². The minimum Gasteiger partial charge on any atom is -0.392 e. The van der Waals surface area contributed by atoms with Gasteiger partial charge in [-0.2, -0.15) is 5.90 Å². The fourth-order valence-electron chi connectivity index (χ4n) is 0.814. The van der Waals surface area contributed by atoms with Crippen molar-refractivity contribution < 1.29 is 14.7 Å². The highest BCUT2D eigenvalue weighted by Crippen LogP contribution is 2.04. The van der Waals surface area contributed by atoms with E-state index in [-0.39, 0.29) is 6.61 Å². The van der Waals surface area contributed by atoms with Gasteiger partial charge in [0.15, 0.2) is 0 Å². The van der Waals surface area contributed by atoms with Crippen LogP contribution in [-0.4, -0.2) is 11.1 Å². The van der Waals surface area contributed by atoms with E-state index in [1.165, 1.54) is 0 Å². The van der Waals surface area contributed by atoms with Crippen molar-refractivity contribution in [1.29, 1.82) is 0 Å². The van der Waals surface area contributed by atoms with Gasteiger partial charge in [-0.25, -0.2) is 4.79 Å². The highest BCUT2D eigenvalue weighted by molar-refractivity contribution is 5.89. The minimum atomic E-state index is -0.584.